The Morgan fingerprint density at radius 3 is 2.16 bits per heavy atom. The van der Waals surface area contributed by atoms with Gasteiger partial charge in [0, 0.05) is 12.2 Å². The smallest absolute Gasteiger partial charge is 0.408 e. The zero-order valence-corrected chi connectivity index (χ0v) is 26.9. The van der Waals surface area contributed by atoms with Gasteiger partial charge < -0.3 is 20.3 Å². The van der Waals surface area contributed by atoms with Gasteiger partial charge in [-0.15, -0.1) is 0 Å². The lowest BCUT2D eigenvalue weighted by Gasteiger charge is -2.35. The third kappa shape index (κ3) is 10.1. The number of amides is 3. The summed E-state index contributed by atoms with van der Waals surface area (Å²) >= 11 is 0. The molecule has 0 spiro atoms. The number of hydrogen-bond donors (Lipinski definition) is 2. The van der Waals surface area contributed by atoms with Crippen LogP contribution in [0.1, 0.15) is 91.3 Å². The summed E-state index contributed by atoms with van der Waals surface area (Å²) in [4.78, 5) is 43.1. The van der Waals surface area contributed by atoms with E-state index in [4.69, 9.17) is 4.74 Å². The summed E-state index contributed by atoms with van der Waals surface area (Å²) in [5.41, 5.74) is 1.82. The predicted octanol–water partition coefficient (Wildman–Crippen LogP) is 8.04. The van der Waals surface area contributed by atoms with E-state index in [1.165, 1.54) is 0 Å². The van der Waals surface area contributed by atoms with Crippen LogP contribution in [0.25, 0.3) is 10.8 Å². The molecule has 7 nitrogen and oxygen atoms in total. The summed E-state index contributed by atoms with van der Waals surface area (Å²) < 4.78 is 5.51. The van der Waals surface area contributed by atoms with Gasteiger partial charge in [0.25, 0.3) is 5.91 Å². The number of carbonyl (C=O) groups is 3. The fourth-order valence-corrected chi connectivity index (χ4v) is 5.13. The molecule has 2 atom stereocenters. The Labute approximate surface area is 257 Å². The van der Waals surface area contributed by atoms with E-state index in [9.17, 15) is 14.4 Å². The zero-order chi connectivity index (χ0) is 31.6. The van der Waals surface area contributed by atoms with Crippen molar-refractivity contribution in [1.82, 2.24) is 10.2 Å². The lowest BCUT2D eigenvalue weighted by Crippen LogP contribution is -2.53. The molecule has 0 fully saturated rings. The summed E-state index contributed by atoms with van der Waals surface area (Å²) in [6, 6.07) is 19.9. The summed E-state index contributed by atoms with van der Waals surface area (Å²) in [5.74, 6) is -0.478. The monoisotopic (exact) mass is 587 g/mol. The van der Waals surface area contributed by atoms with Crippen LogP contribution in [0.3, 0.4) is 0 Å². The number of alkyl carbamates (subject to hydrolysis) is 1. The van der Waals surface area contributed by atoms with E-state index in [0.717, 1.165) is 47.6 Å². The van der Waals surface area contributed by atoms with E-state index in [0.29, 0.717) is 18.7 Å². The Morgan fingerprint density at radius 1 is 0.884 bits per heavy atom. The van der Waals surface area contributed by atoms with E-state index in [1.807, 2.05) is 80.6 Å². The maximum absolute atomic E-state index is 14.4. The number of aryl methyl sites for hydroxylation is 1. The lowest BCUT2D eigenvalue weighted by molar-refractivity contribution is -0.141. The highest BCUT2D eigenvalue weighted by Gasteiger charge is 2.36. The molecule has 0 aliphatic heterocycles. The van der Waals surface area contributed by atoms with Crippen LogP contribution in [0.15, 0.2) is 66.7 Å². The SMILES string of the molecule is CCCCCN(C(=O)C(CC(C)C)NC(=O)OC(C)(C)C)C(C(=O)Nc1ccc2ccccc2c1)c1ccc(CC)cc1. The van der Waals surface area contributed by atoms with Gasteiger partial charge in [-0.2, -0.15) is 0 Å². The van der Waals surface area contributed by atoms with Crippen LogP contribution in [-0.2, 0) is 20.7 Å². The highest BCUT2D eigenvalue weighted by Crippen LogP contribution is 2.28. The summed E-state index contributed by atoms with van der Waals surface area (Å²) in [6.45, 7) is 13.9. The molecule has 0 bridgehead atoms. The second-order valence-corrected chi connectivity index (χ2v) is 12.6. The van der Waals surface area contributed by atoms with Crippen LogP contribution < -0.4 is 10.6 Å². The van der Waals surface area contributed by atoms with Crippen molar-refractivity contribution >= 4 is 34.4 Å². The molecule has 232 valence electrons. The van der Waals surface area contributed by atoms with Crippen molar-refractivity contribution in [3.63, 3.8) is 0 Å². The van der Waals surface area contributed by atoms with Crippen LogP contribution in [0.5, 0.6) is 0 Å². The molecular formula is C36H49N3O4. The third-order valence-electron chi connectivity index (χ3n) is 7.26. The van der Waals surface area contributed by atoms with Gasteiger partial charge in [-0.05, 0) is 80.0 Å². The van der Waals surface area contributed by atoms with Crippen LogP contribution in [-0.4, -0.2) is 41.0 Å². The van der Waals surface area contributed by atoms with Crippen LogP contribution in [0.2, 0.25) is 0 Å². The van der Waals surface area contributed by atoms with Crippen molar-refractivity contribution in [2.45, 2.75) is 98.3 Å². The number of nitrogens with zero attached hydrogens (tertiary/aromatic N) is 1. The first-order valence-electron chi connectivity index (χ1n) is 15.6. The lowest BCUT2D eigenvalue weighted by atomic mass is 9.97. The minimum absolute atomic E-state index is 0.120. The molecule has 0 saturated heterocycles. The van der Waals surface area contributed by atoms with Crippen molar-refractivity contribution in [3.8, 4) is 0 Å². The van der Waals surface area contributed by atoms with E-state index >= 15 is 0 Å². The fourth-order valence-electron chi connectivity index (χ4n) is 5.13. The first-order valence-corrected chi connectivity index (χ1v) is 15.6. The molecule has 0 aliphatic rings. The first kappa shape index (κ1) is 33.6. The zero-order valence-electron chi connectivity index (χ0n) is 26.9. The molecule has 0 heterocycles. The van der Waals surface area contributed by atoms with E-state index in [2.05, 4.69) is 24.5 Å². The van der Waals surface area contributed by atoms with Crippen molar-refractivity contribution < 1.29 is 19.1 Å². The first-order chi connectivity index (χ1) is 20.4. The minimum Gasteiger partial charge on any atom is -0.444 e. The second kappa shape index (κ2) is 15.6. The maximum atomic E-state index is 14.4. The number of rotatable bonds is 13. The molecule has 0 saturated carbocycles. The molecule has 3 amide bonds. The van der Waals surface area contributed by atoms with Crippen molar-refractivity contribution in [1.29, 1.82) is 0 Å². The molecular weight excluding hydrogens is 538 g/mol. The van der Waals surface area contributed by atoms with Crippen molar-refractivity contribution in [3.05, 3.63) is 77.9 Å². The minimum atomic E-state index is -0.892. The number of unbranched alkanes of at least 4 members (excludes halogenated alkanes) is 2. The summed E-state index contributed by atoms with van der Waals surface area (Å²) in [5, 5.41) is 8.01. The number of ether oxygens (including phenoxy) is 1. The average molecular weight is 588 g/mol. The molecule has 3 aromatic rings. The molecule has 0 radical (unpaired) electrons. The average Bonchev–Trinajstić information content (AvgIpc) is 2.95. The van der Waals surface area contributed by atoms with E-state index < -0.39 is 23.8 Å². The Hall–Kier alpha value is -3.87. The van der Waals surface area contributed by atoms with Crippen LogP contribution in [0, 0.1) is 5.92 Å². The number of carbonyl (C=O) groups excluding carboxylic acids is 3. The number of benzene rings is 3. The Bertz CT molecular complexity index is 1360. The van der Waals surface area contributed by atoms with Crippen LogP contribution >= 0.6 is 0 Å². The number of anilines is 1. The van der Waals surface area contributed by atoms with Gasteiger partial charge in [0.1, 0.15) is 17.7 Å². The van der Waals surface area contributed by atoms with Gasteiger partial charge in [-0.3, -0.25) is 9.59 Å². The number of nitrogens with one attached hydrogen (secondary N) is 2. The molecule has 0 aliphatic carbocycles. The van der Waals surface area contributed by atoms with Gasteiger partial charge in [0.15, 0.2) is 0 Å². The Morgan fingerprint density at radius 2 is 1.56 bits per heavy atom. The topological polar surface area (TPSA) is 87.7 Å². The standard InChI is InChI=1S/C36H49N3O4/c1-8-10-13-22-39(34(41)31(23-25(3)4)38-35(42)43-36(5,6)7)32(28-18-16-26(9-2)17-19-28)33(40)37-30-21-20-27-14-11-12-15-29(27)24-30/h11-12,14-21,24-25,31-32H,8-10,13,22-23H2,1-7H3,(H,37,40)(H,38,42). The molecule has 0 aromatic heterocycles. The fraction of sp³-hybridized carbons (Fsp3) is 0.472. The van der Waals surface area contributed by atoms with Gasteiger partial charge in [-0.1, -0.05) is 95.1 Å². The van der Waals surface area contributed by atoms with Crippen molar-refractivity contribution in [2.24, 2.45) is 5.92 Å². The van der Waals surface area contributed by atoms with Gasteiger partial charge >= 0.3 is 6.09 Å². The van der Waals surface area contributed by atoms with E-state index in [1.54, 1.807) is 25.7 Å². The number of fused-ring (bicyclic) bond motifs is 1. The van der Waals surface area contributed by atoms with Crippen molar-refractivity contribution in [2.75, 3.05) is 11.9 Å². The molecule has 2 unspecified atom stereocenters. The molecule has 3 aromatic carbocycles. The Kier molecular flexibility index (Phi) is 12.2. The quantitative estimate of drug-likeness (QED) is 0.198. The Balaban J connectivity index is 2.04. The van der Waals surface area contributed by atoms with Gasteiger partial charge in [-0.25, -0.2) is 4.79 Å². The highest BCUT2D eigenvalue weighted by atomic mass is 16.6. The van der Waals surface area contributed by atoms with Crippen LogP contribution in [0.4, 0.5) is 10.5 Å². The second-order valence-electron chi connectivity index (χ2n) is 12.6. The summed E-state index contributed by atoms with van der Waals surface area (Å²) in [7, 11) is 0. The molecule has 43 heavy (non-hydrogen) atoms. The molecule has 2 N–H and O–H groups in total. The molecule has 7 heteroatoms. The largest absolute Gasteiger partial charge is 0.444 e. The predicted molar refractivity (Wildman–Crippen MR) is 175 cm³/mol. The number of hydrogen-bond acceptors (Lipinski definition) is 4. The maximum Gasteiger partial charge on any atom is 0.408 e. The highest BCUT2D eigenvalue weighted by molar-refractivity contribution is 6.00. The molecule has 3 rings (SSSR count). The van der Waals surface area contributed by atoms with E-state index in [-0.39, 0.29) is 17.7 Å². The summed E-state index contributed by atoms with van der Waals surface area (Å²) in [6.07, 6.45) is 3.23. The van der Waals surface area contributed by atoms with Gasteiger partial charge in [0.05, 0.1) is 0 Å². The third-order valence-corrected chi connectivity index (χ3v) is 7.26. The van der Waals surface area contributed by atoms with Gasteiger partial charge in [0.2, 0.25) is 5.91 Å². The normalized spacial score (nSPS) is 12.9.